The summed E-state index contributed by atoms with van der Waals surface area (Å²) in [5.41, 5.74) is 9.87. The van der Waals surface area contributed by atoms with Gasteiger partial charge in [-0.1, -0.05) is 182 Å². The molecule has 0 aliphatic heterocycles. The Hall–Kier alpha value is -7.27. The molecule has 0 amide bonds. The minimum atomic E-state index is 0.633. The van der Waals surface area contributed by atoms with Crippen LogP contribution in [0.3, 0.4) is 0 Å². The molecule has 9 aromatic carbocycles. The summed E-state index contributed by atoms with van der Waals surface area (Å²) in [5.74, 6) is 1.91. The van der Waals surface area contributed by atoms with Crippen molar-refractivity contribution in [3.63, 3.8) is 0 Å². The van der Waals surface area contributed by atoms with Crippen LogP contribution in [0.15, 0.2) is 200 Å². The van der Waals surface area contributed by atoms with Crippen molar-refractivity contribution in [1.82, 2.24) is 15.0 Å². The summed E-state index contributed by atoms with van der Waals surface area (Å²) in [4.78, 5) is 15.8. The largest absolute Gasteiger partial charge is 0.208 e. The summed E-state index contributed by atoms with van der Waals surface area (Å²) >= 11 is 1.84. The van der Waals surface area contributed by atoms with Gasteiger partial charge in [0.15, 0.2) is 17.5 Å². The van der Waals surface area contributed by atoms with Crippen molar-refractivity contribution in [2.24, 2.45) is 0 Å². The number of hydrogen-bond donors (Lipinski definition) is 0. The third-order valence-corrected chi connectivity index (χ3v) is 12.1. The van der Waals surface area contributed by atoms with E-state index >= 15 is 0 Å². The fourth-order valence-corrected chi connectivity index (χ4v) is 9.26. The highest BCUT2D eigenvalue weighted by molar-refractivity contribution is 7.25. The normalized spacial score (nSPS) is 11.5. The molecule has 11 rings (SSSR count). The van der Waals surface area contributed by atoms with Gasteiger partial charge in [0.2, 0.25) is 0 Å². The standard InChI is InChI=1S/C53H33N3S/c1-3-12-34(13-4-1)39-29-26-37-16-9-21-47(48(37)32-39)53-55-51(38-27-24-35(25-28-38)40-30-31-45-44-17-7-8-23-49(44)57-50(45)33-40)54-52(56-53)46-22-11-19-42-41(18-10-20-43(42)46)36-14-5-2-6-15-36/h1-33H. The highest BCUT2D eigenvalue weighted by atomic mass is 32.1. The van der Waals surface area contributed by atoms with Gasteiger partial charge in [-0.2, -0.15) is 0 Å². The maximum Gasteiger partial charge on any atom is 0.164 e. The first-order valence-corrected chi connectivity index (χ1v) is 20.0. The van der Waals surface area contributed by atoms with E-state index in [-0.39, 0.29) is 0 Å². The van der Waals surface area contributed by atoms with Crippen molar-refractivity contribution in [2.75, 3.05) is 0 Å². The van der Waals surface area contributed by atoms with Crippen molar-refractivity contribution >= 4 is 53.1 Å². The molecule has 4 heteroatoms. The molecule has 0 saturated heterocycles. The molecular formula is C53H33N3S. The Labute approximate surface area is 334 Å². The van der Waals surface area contributed by atoms with Gasteiger partial charge in [-0.25, -0.2) is 15.0 Å². The molecule has 0 aliphatic rings. The van der Waals surface area contributed by atoms with E-state index < -0.39 is 0 Å². The van der Waals surface area contributed by atoms with Gasteiger partial charge in [-0.05, 0) is 73.1 Å². The predicted octanol–water partition coefficient (Wildman–Crippen LogP) is 14.5. The SMILES string of the molecule is c1ccc(-c2ccc3cccc(-c4nc(-c5ccc(-c6ccc7c(c6)sc6ccccc67)cc5)nc(-c5cccc6c(-c7ccccc7)cccc56)n4)c3c2)cc1. The molecule has 0 bridgehead atoms. The van der Waals surface area contributed by atoms with Gasteiger partial charge in [0, 0.05) is 36.9 Å². The molecule has 2 heterocycles. The smallest absolute Gasteiger partial charge is 0.164 e. The summed E-state index contributed by atoms with van der Waals surface area (Å²) in [6, 6.07) is 71.1. The number of thiophene rings is 1. The number of rotatable bonds is 6. The maximum absolute atomic E-state index is 5.30. The molecule has 2 aromatic heterocycles. The van der Waals surface area contributed by atoms with Gasteiger partial charge in [0.25, 0.3) is 0 Å². The molecular weight excluding hydrogens is 711 g/mol. The van der Waals surface area contributed by atoms with Crippen LogP contribution in [0.4, 0.5) is 0 Å². The van der Waals surface area contributed by atoms with Crippen molar-refractivity contribution in [1.29, 1.82) is 0 Å². The molecule has 57 heavy (non-hydrogen) atoms. The number of hydrogen-bond acceptors (Lipinski definition) is 4. The second kappa shape index (κ2) is 13.8. The van der Waals surface area contributed by atoms with Gasteiger partial charge in [0.1, 0.15) is 0 Å². The van der Waals surface area contributed by atoms with Crippen LogP contribution >= 0.6 is 11.3 Å². The maximum atomic E-state index is 5.30. The first kappa shape index (κ1) is 33.1. The summed E-state index contributed by atoms with van der Waals surface area (Å²) in [6.45, 7) is 0. The van der Waals surface area contributed by atoms with Crippen LogP contribution in [0.25, 0.3) is 109 Å². The molecule has 11 aromatic rings. The van der Waals surface area contributed by atoms with Crippen LogP contribution in [0.2, 0.25) is 0 Å². The van der Waals surface area contributed by atoms with Gasteiger partial charge >= 0.3 is 0 Å². The van der Waals surface area contributed by atoms with Crippen LogP contribution in [0.5, 0.6) is 0 Å². The minimum absolute atomic E-state index is 0.633. The first-order chi connectivity index (χ1) is 28.2. The molecule has 0 atom stereocenters. The zero-order chi connectivity index (χ0) is 37.7. The summed E-state index contributed by atoms with van der Waals surface area (Å²) in [7, 11) is 0. The average molecular weight is 744 g/mol. The van der Waals surface area contributed by atoms with Gasteiger partial charge < -0.3 is 0 Å². The van der Waals surface area contributed by atoms with E-state index in [4.69, 9.17) is 15.0 Å². The Kier molecular flexibility index (Phi) is 8.01. The highest BCUT2D eigenvalue weighted by Gasteiger charge is 2.18. The van der Waals surface area contributed by atoms with Gasteiger partial charge in [0.05, 0.1) is 0 Å². The van der Waals surface area contributed by atoms with Crippen LogP contribution in [-0.4, -0.2) is 15.0 Å². The highest BCUT2D eigenvalue weighted by Crippen LogP contribution is 2.39. The molecule has 0 saturated carbocycles. The Morgan fingerprint density at radius 3 is 1.54 bits per heavy atom. The van der Waals surface area contributed by atoms with Crippen LogP contribution in [-0.2, 0) is 0 Å². The van der Waals surface area contributed by atoms with E-state index in [2.05, 4.69) is 200 Å². The lowest BCUT2D eigenvalue weighted by Crippen LogP contribution is -2.01. The Balaban J connectivity index is 1.08. The van der Waals surface area contributed by atoms with Crippen LogP contribution in [0.1, 0.15) is 0 Å². The topological polar surface area (TPSA) is 38.7 Å². The average Bonchev–Trinajstić information content (AvgIpc) is 3.67. The number of aromatic nitrogens is 3. The molecule has 0 N–H and O–H groups in total. The fourth-order valence-electron chi connectivity index (χ4n) is 8.12. The third-order valence-electron chi connectivity index (χ3n) is 11.0. The number of nitrogens with zero attached hydrogens (tertiary/aromatic N) is 3. The van der Waals surface area contributed by atoms with E-state index in [9.17, 15) is 0 Å². The molecule has 0 spiro atoms. The number of benzene rings is 9. The zero-order valence-corrected chi connectivity index (χ0v) is 31.6. The van der Waals surface area contributed by atoms with Crippen molar-refractivity contribution in [3.05, 3.63) is 200 Å². The van der Waals surface area contributed by atoms with Crippen LogP contribution < -0.4 is 0 Å². The number of fused-ring (bicyclic) bond motifs is 5. The quantitative estimate of drug-likeness (QED) is 0.170. The minimum Gasteiger partial charge on any atom is -0.208 e. The first-order valence-electron chi connectivity index (χ1n) is 19.2. The van der Waals surface area contributed by atoms with E-state index in [1.807, 2.05) is 11.3 Å². The predicted molar refractivity (Wildman–Crippen MR) is 240 cm³/mol. The Morgan fingerprint density at radius 1 is 0.263 bits per heavy atom. The summed E-state index contributed by atoms with van der Waals surface area (Å²) in [5, 5.41) is 7.09. The van der Waals surface area contributed by atoms with Gasteiger partial charge in [-0.15, -0.1) is 11.3 Å². The van der Waals surface area contributed by atoms with Crippen LogP contribution in [0, 0.1) is 0 Å². The molecule has 0 radical (unpaired) electrons. The van der Waals surface area contributed by atoms with E-state index in [0.29, 0.717) is 17.5 Å². The molecule has 3 nitrogen and oxygen atoms in total. The Morgan fingerprint density at radius 2 is 0.772 bits per heavy atom. The van der Waals surface area contributed by atoms with Gasteiger partial charge in [-0.3, -0.25) is 0 Å². The molecule has 266 valence electrons. The van der Waals surface area contributed by atoms with Crippen molar-refractivity contribution in [2.45, 2.75) is 0 Å². The lowest BCUT2D eigenvalue weighted by Gasteiger charge is -2.14. The molecule has 0 fully saturated rings. The summed E-state index contributed by atoms with van der Waals surface area (Å²) < 4.78 is 2.60. The zero-order valence-electron chi connectivity index (χ0n) is 30.8. The monoisotopic (exact) mass is 743 g/mol. The van der Waals surface area contributed by atoms with E-state index in [1.54, 1.807) is 0 Å². The second-order valence-electron chi connectivity index (χ2n) is 14.4. The molecule has 0 unspecified atom stereocenters. The summed E-state index contributed by atoms with van der Waals surface area (Å²) in [6.07, 6.45) is 0. The fraction of sp³-hybridized carbons (Fsp3) is 0. The van der Waals surface area contributed by atoms with E-state index in [1.165, 1.54) is 42.4 Å². The Bertz CT molecular complexity index is 3250. The molecule has 0 aliphatic carbocycles. The van der Waals surface area contributed by atoms with Crippen molar-refractivity contribution < 1.29 is 0 Å². The third kappa shape index (κ3) is 5.95. The van der Waals surface area contributed by atoms with E-state index in [0.717, 1.165) is 49.4 Å². The second-order valence-corrected chi connectivity index (χ2v) is 15.5. The lowest BCUT2D eigenvalue weighted by atomic mass is 9.95. The van der Waals surface area contributed by atoms with Crippen molar-refractivity contribution in [3.8, 4) is 67.5 Å². The lowest BCUT2D eigenvalue weighted by molar-refractivity contribution is 1.08.